The number of nitrogens with zero attached hydrogens (tertiary/aromatic N) is 1. The van der Waals surface area contributed by atoms with Gasteiger partial charge in [0, 0.05) is 26.2 Å². The summed E-state index contributed by atoms with van der Waals surface area (Å²) in [6, 6.07) is 11.6. The summed E-state index contributed by atoms with van der Waals surface area (Å²) < 4.78 is 40.9. The summed E-state index contributed by atoms with van der Waals surface area (Å²) in [6.07, 6.45) is -4.36. The van der Waals surface area contributed by atoms with Crippen LogP contribution in [0.15, 0.2) is 42.5 Å². The van der Waals surface area contributed by atoms with Crippen molar-refractivity contribution < 1.29 is 13.2 Å². The molecule has 0 bridgehead atoms. The molecule has 1 aliphatic heterocycles. The number of aryl methyl sites for hydroxylation is 2. The summed E-state index contributed by atoms with van der Waals surface area (Å²) in [6.45, 7) is 6.98. The molecule has 0 aromatic heterocycles. The van der Waals surface area contributed by atoms with E-state index in [0.717, 1.165) is 42.9 Å². The van der Waals surface area contributed by atoms with Crippen LogP contribution in [0.5, 0.6) is 0 Å². The molecule has 2 nitrogen and oxygen atoms in total. The van der Waals surface area contributed by atoms with Gasteiger partial charge in [0.25, 0.3) is 0 Å². The molecule has 3 rings (SSSR count). The molecule has 0 saturated carbocycles. The van der Waals surface area contributed by atoms with E-state index in [0.29, 0.717) is 5.56 Å². The maximum Gasteiger partial charge on any atom is 0.416 e. The molecule has 2 aromatic rings. The third kappa shape index (κ3) is 3.88. The summed E-state index contributed by atoms with van der Waals surface area (Å²) in [5.74, 6) is 0. The Morgan fingerprint density at radius 3 is 2.32 bits per heavy atom. The second kappa shape index (κ2) is 7.18. The Hall–Kier alpha value is -1.85. The summed E-state index contributed by atoms with van der Waals surface area (Å²) in [5, 5.41) is 3.28. The highest BCUT2D eigenvalue weighted by Crippen LogP contribution is 2.40. The van der Waals surface area contributed by atoms with Crippen LogP contribution in [0.2, 0.25) is 0 Å². The monoisotopic (exact) mass is 348 g/mol. The maximum absolute atomic E-state index is 13.6. The quantitative estimate of drug-likeness (QED) is 0.889. The van der Waals surface area contributed by atoms with E-state index in [4.69, 9.17) is 0 Å². The Morgan fingerprint density at radius 2 is 1.64 bits per heavy atom. The number of nitrogens with one attached hydrogen (secondary N) is 1. The van der Waals surface area contributed by atoms with Gasteiger partial charge in [-0.25, -0.2) is 0 Å². The second-order valence-electron chi connectivity index (χ2n) is 6.63. The lowest BCUT2D eigenvalue weighted by Gasteiger charge is -2.37. The summed E-state index contributed by atoms with van der Waals surface area (Å²) in [7, 11) is 0. The van der Waals surface area contributed by atoms with Gasteiger partial charge in [-0.2, -0.15) is 13.2 Å². The molecule has 0 spiro atoms. The van der Waals surface area contributed by atoms with E-state index >= 15 is 0 Å². The molecule has 1 atom stereocenters. The normalized spacial score (nSPS) is 17.5. The predicted octanol–water partition coefficient (Wildman–Crippen LogP) is 4.32. The zero-order valence-electron chi connectivity index (χ0n) is 14.5. The molecule has 2 aromatic carbocycles. The van der Waals surface area contributed by atoms with Gasteiger partial charge >= 0.3 is 6.18 Å². The van der Waals surface area contributed by atoms with Crippen molar-refractivity contribution in [2.24, 2.45) is 0 Å². The minimum Gasteiger partial charge on any atom is -0.314 e. The fraction of sp³-hybridized carbons (Fsp3) is 0.400. The summed E-state index contributed by atoms with van der Waals surface area (Å²) in [4.78, 5) is 2.16. The molecule has 134 valence electrons. The Bertz CT molecular complexity index is 734. The van der Waals surface area contributed by atoms with Crippen LogP contribution in [0.4, 0.5) is 13.2 Å². The third-order valence-electron chi connectivity index (χ3n) is 4.81. The van der Waals surface area contributed by atoms with Crippen LogP contribution in [0, 0.1) is 13.8 Å². The molecule has 0 radical (unpaired) electrons. The van der Waals surface area contributed by atoms with E-state index in [1.54, 1.807) is 12.1 Å². The van der Waals surface area contributed by atoms with Crippen LogP contribution in [0.3, 0.4) is 0 Å². The number of hydrogen-bond donors (Lipinski definition) is 1. The van der Waals surface area contributed by atoms with Crippen LogP contribution in [0.1, 0.15) is 33.9 Å². The topological polar surface area (TPSA) is 15.3 Å². The molecule has 1 aliphatic rings. The van der Waals surface area contributed by atoms with E-state index in [-0.39, 0.29) is 6.04 Å². The van der Waals surface area contributed by atoms with Crippen molar-refractivity contribution in [3.05, 3.63) is 70.3 Å². The van der Waals surface area contributed by atoms with Gasteiger partial charge in [0.2, 0.25) is 0 Å². The Labute approximate surface area is 146 Å². The standard InChI is InChI=1S/C20H23F3N2/c1-14-7-8-15(2)17(13-14)19(25-11-9-24-10-12-25)16-5-3-4-6-18(16)20(21,22)23/h3-8,13,19,24H,9-12H2,1-2H3. The van der Waals surface area contributed by atoms with Crippen LogP contribution in [0.25, 0.3) is 0 Å². The molecule has 1 fully saturated rings. The average molecular weight is 348 g/mol. The van der Waals surface area contributed by atoms with Gasteiger partial charge in [0.15, 0.2) is 0 Å². The minimum absolute atomic E-state index is 0.339. The van der Waals surface area contributed by atoms with E-state index in [1.165, 1.54) is 12.1 Å². The maximum atomic E-state index is 13.6. The number of halogens is 3. The van der Waals surface area contributed by atoms with Crippen molar-refractivity contribution in [2.75, 3.05) is 26.2 Å². The molecule has 25 heavy (non-hydrogen) atoms. The van der Waals surface area contributed by atoms with Crippen LogP contribution < -0.4 is 5.32 Å². The summed E-state index contributed by atoms with van der Waals surface area (Å²) in [5.41, 5.74) is 2.83. The Kier molecular flexibility index (Phi) is 5.16. The van der Waals surface area contributed by atoms with Gasteiger partial charge in [-0.15, -0.1) is 0 Å². The molecule has 1 unspecified atom stereocenters. The van der Waals surface area contributed by atoms with E-state index < -0.39 is 11.7 Å². The number of alkyl halides is 3. The highest BCUT2D eigenvalue weighted by Gasteiger charge is 2.37. The highest BCUT2D eigenvalue weighted by molar-refractivity contribution is 5.43. The van der Waals surface area contributed by atoms with Crippen molar-refractivity contribution >= 4 is 0 Å². The first kappa shape index (κ1) is 18.0. The first-order valence-electron chi connectivity index (χ1n) is 8.56. The van der Waals surface area contributed by atoms with Gasteiger partial charge in [-0.3, -0.25) is 4.90 Å². The largest absolute Gasteiger partial charge is 0.416 e. The minimum atomic E-state index is -4.36. The van der Waals surface area contributed by atoms with Crippen molar-refractivity contribution in [3.8, 4) is 0 Å². The van der Waals surface area contributed by atoms with Gasteiger partial charge < -0.3 is 5.32 Å². The summed E-state index contributed by atoms with van der Waals surface area (Å²) >= 11 is 0. The molecular weight excluding hydrogens is 325 g/mol. The molecule has 0 amide bonds. The van der Waals surface area contributed by atoms with Crippen LogP contribution >= 0.6 is 0 Å². The lowest BCUT2D eigenvalue weighted by Crippen LogP contribution is -2.46. The van der Waals surface area contributed by atoms with Gasteiger partial charge in [-0.05, 0) is 36.6 Å². The lowest BCUT2D eigenvalue weighted by atomic mass is 9.89. The fourth-order valence-electron chi connectivity index (χ4n) is 3.55. The van der Waals surface area contributed by atoms with Gasteiger partial charge in [0.1, 0.15) is 0 Å². The second-order valence-corrected chi connectivity index (χ2v) is 6.63. The number of hydrogen-bond acceptors (Lipinski definition) is 2. The van der Waals surface area contributed by atoms with Gasteiger partial charge in [-0.1, -0.05) is 42.0 Å². The van der Waals surface area contributed by atoms with Crippen LogP contribution in [-0.4, -0.2) is 31.1 Å². The Balaban J connectivity index is 2.17. The average Bonchev–Trinajstić information content (AvgIpc) is 2.59. The fourth-order valence-corrected chi connectivity index (χ4v) is 3.55. The molecule has 5 heteroatoms. The molecule has 0 aliphatic carbocycles. The van der Waals surface area contributed by atoms with E-state index in [2.05, 4.69) is 10.2 Å². The SMILES string of the molecule is Cc1ccc(C)c(C(c2ccccc2C(F)(F)F)N2CCNCC2)c1. The van der Waals surface area contributed by atoms with E-state index in [1.807, 2.05) is 32.0 Å². The van der Waals surface area contributed by atoms with E-state index in [9.17, 15) is 13.2 Å². The van der Waals surface area contributed by atoms with Crippen LogP contribution in [-0.2, 0) is 6.18 Å². The molecule has 1 saturated heterocycles. The number of piperazine rings is 1. The third-order valence-corrected chi connectivity index (χ3v) is 4.81. The van der Waals surface area contributed by atoms with Crippen molar-refractivity contribution in [1.82, 2.24) is 10.2 Å². The predicted molar refractivity (Wildman–Crippen MR) is 93.6 cm³/mol. The van der Waals surface area contributed by atoms with Crippen molar-refractivity contribution in [3.63, 3.8) is 0 Å². The lowest BCUT2D eigenvalue weighted by molar-refractivity contribution is -0.138. The zero-order chi connectivity index (χ0) is 18.0. The van der Waals surface area contributed by atoms with Gasteiger partial charge in [0.05, 0.1) is 11.6 Å². The first-order chi connectivity index (χ1) is 11.9. The number of benzene rings is 2. The van der Waals surface area contributed by atoms with Crippen molar-refractivity contribution in [2.45, 2.75) is 26.1 Å². The molecule has 1 N–H and O–H groups in total. The molecular formula is C20H23F3N2. The smallest absolute Gasteiger partial charge is 0.314 e. The Morgan fingerprint density at radius 1 is 0.960 bits per heavy atom. The molecule has 1 heterocycles. The highest BCUT2D eigenvalue weighted by atomic mass is 19.4. The van der Waals surface area contributed by atoms with Crippen molar-refractivity contribution in [1.29, 1.82) is 0 Å². The first-order valence-corrected chi connectivity index (χ1v) is 8.56. The zero-order valence-corrected chi connectivity index (χ0v) is 14.5. The number of rotatable bonds is 3.